The van der Waals surface area contributed by atoms with E-state index in [1.807, 2.05) is 30.3 Å². The van der Waals surface area contributed by atoms with Gasteiger partial charge < -0.3 is 20.3 Å². The third-order valence-electron chi connectivity index (χ3n) is 4.93. The standard InChI is InChI=1S/C19H27N3O3.ClH/c1-14-11-15(7-8-20-14)19(24)21-16-12-18(23)22(13-16)9-10-25-17-5-3-2-4-6-17;/h2-6,14-16,20H,7-13H2,1H3,(H,21,24);1H/t14-,15-,16?;/m0./s1. The lowest BCUT2D eigenvalue weighted by Gasteiger charge is -2.28. The second kappa shape index (κ2) is 9.78. The number of amides is 2. The summed E-state index contributed by atoms with van der Waals surface area (Å²) in [4.78, 5) is 26.3. The molecule has 2 heterocycles. The van der Waals surface area contributed by atoms with E-state index in [1.54, 1.807) is 4.90 Å². The first-order chi connectivity index (χ1) is 12.1. The van der Waals surface area contributed by atoms with Crippen LogP contribution in [0.3, 0.4) is 0 Å². The van der Waals surface area contributed by atoms with Crippen molar-refractivity contribution in [3.63, 3.8) is 0 Å². The summed E-state index contributed by atoms with van der Waals surface area (Å²) in [5.41, 5.74) is 0. The molecule has 2 amide bonds. The highest BCUT2D eigenvalue weighted by atomic mass is 35.5. The SMILES string of the molecule is C[C@H]1C[C@@H](C(=O)NC2CC(=O)N(CCOc3ccccc3)C2)CCN1.Cl. The molecule has 2 fully saturated rings. The van der Waals surface area contributed by atoms with Crippen molar-refractivity contribution in [1.29, 1.82) is 0 Å². The number of likely N-dealkylation sites (tertiary alicyclic amines) is 1. The molecular weight excluding hydrogens is 354 g/mol. The van der Waals surface area contributed by atoms with Gasteiger partial charge in [0.2, 0.25) is 11.8 Å². The number of benzene rings is 1. The number of halogens is 1. The third-order valence-corrected chi connectivity index (χ3v) is 4.93. The van der Waals surface area contributed by atoms with E-state index < -0.39 is 0 Å². The molecule has 0 aliphatic carbocycles. The molecule has 0 aromatic heterocycles. The topological polar surface area (TPSA) is 70.7 Å². The van der Waals surface area contributed by atoms with E-state index in [9.17, 15) is 9.59 Å². The molecule has 1 aromatic rings. The van der Waals surface area contributed by atoms with Crippen molar-refractivity contribution in [2.45, 2.75) is 38.3 Å². The quantitative estimate of drug-likeness (QED) is 0.785. The van der Waals surface area contributed by atoms with Gasteiger partial charge in [-0.15, -0.1) is 12.4 Å². The summed E-state index contributed by atoms with van der Waals surface area (Å²) in [6, 6.07) is 9.87. The van der Waals surface area contributed by atoms with Crippen LogP contribution < -0.4 is 15.4 Å². The van der Waals surface area contributed by atoms with Gasteiger partial charge in [0, 0.05) is 24.9 Å². The fraction of sp³-hybridized carbons (Fsp3) is 0.579. The Kier molecular flexibility index (Phi) is 7.72. The number of piperidine rings is 1. The zero-order valence-electron chi connectivity index (χ0n) is 15.1. The molecule has 144 valence electrons. The van der Waals surface area contributed by atoms with E-state index >= 15 is 0 Å². The molecule has 26 heavy (non-hydrogen) atoms. The number of ether oxygens (including phenoxy) is 1. The molecule has 2 aliphatic rings. The molecule has 7 heteroatoms. The number of rotatable bonds is 6. The highest BCUT2D eigenvalue weighted by Crippen LogP contribution is 2.18. The van der Waals surface area contributed by atoms with Crippen LogP contribution in [-0.4, -0.2) is 55.0 Å². The summed E-state index contributed by atoms with van der Waals surface area (Å²) in [7, 11) is 0. The van der Waals surface area contributed by atoms with Crippen LogP contribution in [0.15, 0.2) is 30.3 Å². The molecule has 3 atom stereocenters. The van der Waals surface area contributed by atoms with Crippen molar-refractivity contribution in [2.75, 3.05) is 26.2 Å². The van der Waals surface area contributed by atoms with Gasteiger partial charge in [-0.1, -0.05) is 18.2 Å². The maximum Gasteiger partial charge on any atom is 0.224 e. The van der Waals surface area contributed by atoms with Crippen molar-refractivity contribution in [3.8, 4) is 5.75 Å². The van der Waals surface area contributed by atoms with E-state index in [0.717, 1.165) is 25.1 Å². The van der Waals surface area contributed by atoms with Crippen molar-refractivity contribution >= 4 is 24.2 Å². The molecule has 6 nitrogen and oxygen atoms in total. The van der Waals surface area contributed by atoms with Gasteiger partial charge >= 0.3 is 0 Å². The molecule has 2 N–H and O–H groups in total. The maximum absolute atomic E-state index is 12.4. The zero-order valence-corrected chi connectivity index (χ0v) is 16.0. The minimum Gasteiger partial charge on any atom is -0.492 e. The highest BCUT2D eigenvalue weighted by Gasteiger charge is 2.33. The molecule has 3 rings (SSSR count). The predicted octanol–water partition coefficient (Wildman–Crippen LogP) is 1.59. The smallest absolute Gasteiger partial charge is 0.224 e. The van der Waals surface area contributed by atoms with Gasteiger partial charge in [-0.2, -0.15) is 0 Å². The monoisotopic (exact) mass is 381 g/mol. The van der Waals surface area contributed by atoms with Crippen LogP contribution in [0.4, 0.5) is 0 Å². The lowest BCUT2D eigenvalue weighted by molar-refractivity contribution is -0.128. The number of carbonyl (C=O) groups is 2. The number of hydrogen-bond acceptors (Lipinski definition) is 4. The average Bonchev–Trinajstić information content (AvgIpc) is 2.95. The maximum atomic E-state index is 12.4. The largest absolute Gasteiger partial charge is 0.492 e. The Morgan fingerprint density at radius 1 is 1.35 bits per heavy atom. The average molecular weight is 382 g/mol. The molecule has 1 unspecified atom stereocenters. The Morgan fingerprint density at radius 3 is 2.85 bits per heavy atom. The minimum atomic E-state index is -0.0816. The van der Waals surface area contributed by atoms with Gasteiger partial charge in [-0.25, -0.2) is 0 Å². The molecule has 0 spiro atoms. The van der Waals surface area contributed by atoms with E-state index in [0.29, 0.717) is 32.2 Å². The Morgan fingerprint density at radius 2 is 2.12 bits per heavy atom. The Hall–Kier alpha value is -1.79. The lowest BCUT2D eigenvalue weighted by Crippen LogP contribution is -2.46. The molecule has 0 bridgehead atoms. The molecule has 2 saturated heterocycles. The lowest BCUT2D eigenvalue weighted by atomic mass is 9.92. The van der Waals surface area contributed by atoms with Gasteiger partial charge in [0.1, 0.15) is 12.4 Å². The molecule has 1 aromatic carbocycles. The molecule has 0 saturated carbocycles. The van der Waals surface area contributed by atoms with Crippen LogP contribution >= 0.6 is 12.4 Å². The van der Waals surface area contributed by atoms with Crippen molar-refractivity contribution in [2.24, 2.45) is 5.92 Å². The van der Waals surface area contributed by atoms with Crippen molar-refractivity contribution in [3.05, 3.63) is 30.3 Å². The Bertz CT molecular complexity index is 599. The van der Waals surface area contributed by atoms with Gasteiger partial charge in [0.05, 0.1) is 12.6 Å². The fourth-order valence-electron chi connectivity index (χ4n) is 3.56. The summed E-state index contributed by atoms with van der Waals surface area (Å²) < 4.78 is 5.65. The predicted molar refractivity (Wildman–Crippen MR) is 103 cm³/mol. The Balaban J connectivity index is 0.00000243. The van der Waals surface area contributed by atoms with Gasteiger partial charge in [0.25, 0.3) is 0 Å². The summed E-state index contributed by atoms with van der Waals surface area (Å²) >= 11 is 0. The first kappa shape index (κ1) is 20.5. The summed E-state index contributed by atoms with van der Waals surface area (Å²) in [6.07, 6.45) is 2.12. The van der Waals surface area contributed by atoms with Crippen LogP contribution in [0.2, 0.25) is 0 Å². The number of carbonyl (C=O) groups excluding carboxylic acids is 2. The third kappa shape index (κ3) is 5.61. The van der Waals surface area contributed by atoms with Crippen molar-refractivity contribution < 1.29 is 14.3 Å². The minimum absolute atomic E-state index is 0. The van der Waals surface area contributed by atoms with E-state index in [4.69, 9.17) is 4.74 Å². The summed E-state index contributed by atoms with van der Waals surface area (Å²) in [5.74, 6) is 1.04. The second-order valence-electron chi connectivity index (χ2n) is 6.99. The first-order valence-electron chi connectivity index (χ1n) is 9.11. The van der Waals surface area contributed by atoms with Gasteiger partial charge in [-0.05, 0) is 38.4 Å². The van der Waals surface area contributed by atoms with E-state index in [-0.39, 0.29) is 36.2 Å². The molecule has 2 aliphatic heterocycles. The number of nitrogens with one attached hydrogen (secondary N) is 2. The van der Waals surface area contributed by atoms with Crippen molar-refractivity contribution in [1.82, 2.24) is 15.5 Å². The van der Waals surface area contributed by atoms with Crippen LogP contribution in [0, 0.1) is 5.92 Å². The number of para-hydroxylation sites is 1. The highest BCUT2D eigenvalue weighted by molar-refractivity contribution is 5.85. The second-order valence-corrected chi connectivity index (χ2v) is 6.99. The molecular formula is C19H28ClN3O3. The Labute approximate surface area is 161 Å². The van der Waals surface area contributed by atoms with E-state index in [1.165, 1.54) is 0 Å². The normalized spacial score (nSPS) is 25.5. The summed E-state index contributed by atoms with van der Waals surface area (Å²) in [6.45, 7) is 4.56. The van der Waals surface area contributed by atoms with Gasteiger partial charge in [0.15, 0.2) is 0 Å². The van der Waals surface area contributed by atoms with Gasteiger partial charge in [-0.3, -0.25) is 9.59 Å². The summed E-state index contributed by atoms with van der Waals surface area (Å²) in [5, 5.41) is 6.42. The van der Waals surface area contributed by atoms with Crippen LogP contribution in [0.5, 0.6) is 5.75 Å². The fourth-order valence-corrected chi connectivity index (χ4v) is 3.56. The molecule has 0 radical (unpaired) electrons. The number of nitrogens with zero attached hydrogens (tertiary/aromatic N) is 1. The first-order valence-corrected chi connectivity index (χ1v) is 9.11. The van der Waals surface area contributed by atoms with Crippen LogP contribution in [-0.2, 0) is 9.59 Å². The zero-order chi connectivity index (χ0) is 17.6. The van der Waals surface area contributed by atoms with Crippen LogP contribution in [0.25, 0.3) is 0 Å². The van der Waals surface area contributed by atoms with E-state index in [2.05, 4.69) is 17.6 Å². The van der Waals surface area contributed by atoms with Crippen LogP contribution in [0.1, 0.15) is 26.2 Å². The number of hydrogen-bond donors (Lipinski definition) is 2.